The summed E-state index contributed by atoms with van der Waals surface area (Å²) >= 11 is -0.334. The van der Waals surface area contributed by atoms with Gasteiger partial charge in [-0.3, -0.25) is 0 Å². The fraction of sp³-hybridized carbons (Fsp3) is 0.800. The Morgan fingerprint density at radius 1 is 1.86 bits per heavy atom. The summed E-state index contributed by atoms with van der Waals surface area (Å²) in [5.41, 5.74) is 0. The molecular formula is C5H10MgO. The van der Waals surface area contributed by atoms with Gasteiger partial charge in [0.25, 0.3) is 0 Å². The van der Waals surface area contributed by atoms with Crippen LogP contribution < -0.4 is 0 Å². The topological polar surface area (TPSA) is 17.1 Å². The molecule has 7 heavy (non-hydrogen) atoms. The summed E-state index contributed by atoms with van der Waals surface area (Å²) in [6.45, 7) is 4.27. The molecule has 0 spiro atoms. The van der Waals surface area contributed by atoms with Crippen molar-refractivity contribution in [3.63, 3.8) is 0 Å². The second kappa shape index (κ2) is 4.59. The number of carbonyl (C=O) groups is 1. The van der Waals surface area contributed by atoms with E-state index in [0.717, 1.165) is 8.46 Å². The van der Waals surface area contributed by atoms with Crippen LogP contribution in [0, 0.1) is 0 Å². The molecule has 0 fully saturated rings. The highest BCUT2D eigenvalue weighted by atomic mass is 24.5. The minimum atomic E-state index is -0.334. The Bertz CT molecular complexity index is 54.0. The van der Waals surface area contributed by atoms with Gasteiger partial charge in [0.15, 0.2) is 0 Å². The standard InChI is InChI=1S/C4H9.CHO.Mg/c1-3-4-2;1-2;/h3H,4H2,1-2H3;1H;. The molecule has 0 aliphatic rings. The van der Waals surface area contributed by atoms with E-state index in [4.69, 9.17) is 0 Å². The van der Waals surface area contributed by atoms with Crippen molar-refractivity contribution < 1.29 is 4.79 Å². The van der Waals surface area contributed by atoms with Crippen molar-refractivity contribution in [1.29, 1.82) is 0 Å². The van der Waals surface area contributed by atoms with Crippen LogP contribution in [-0.4, -0.2) is 24.8 Å². The van der Waals surface area contributed by atoms with E-state index in [9.17, 15) is 4.79 Å². The summed E-state index contributed by atoms with van der Waals surface area (Å²) in [5.74, 6) is 0. The summed E-state index contributed by atoms with van der Waals surface area (Å²) < 4.78 is 1.84. The molecule has 0 saturated carbocycles. The lowest BCUT2D eigenvalue weighted by atomic mass is 10.4. The first-order valence-electron chi connectivity index (χ1n) is 2.74. The second-order valence-corrected chi connectivity index (χ2v) is 4.11. The molecule has 0 aromatic rings. The molecule has 0 N–H and O–H groups in total. The lowest BCUT2D eigenvalue weighted by Crippen LogP contribution is -1.98. The average molecular weight is 110 g/mol. The van der Waals surface area contributed by atoms with Gasteiger partial charge in [-0.1, -0.05) is 20.3 Å². The molecule has 0 bridgehead atoms. The van der Waals surface area contributed by atoms with Crippen LogP contribution in [0.3, 0.4) is 0 Å². The first kappa shape index (κ1) is 7.44. The van der Waals surface area contributed by atoms with Crippen LogP contribution in [0.1, 0.15) is 20.3 Å². The molecule has 0 radical (unpaired) electrons. The Kier molecular flexibility index (Phi) is 4.88. The molecule has 0 aliphatic carbocycles. The van der Waals surface area contributed by atoms with E-state index < -0.39 is 0 Å². The smallest absolute Gasteiger partial charge is 0.340 e. The minimum Gasteiger partial charge on any atom is -0.340 e. The molecule has 2 heteroatoms. The third-order valence-corrected chi connectivity index (χ3v) is 2.77. The maximum Gasteiger partial charge on any atom is 0.465 e. The monoisotopic (exact) mass is 110 g/mol. The normalized spacial score (nSPS) is 12.3. The van der Waals surface area contributed by atoms with E-state index in [-0.39, 0.29) is 20.4 Å². The highest BCUT2D eigenvalue weighted by Crippen LogP contribution is 2.02. The van der Waals surface area contributed by atoms with Gasteiger partial charge in [0.05, 0.1) is 0 Å². The van der Waals surface area contributed by atoms with Crippen LogP contribution in [0.25, 0.3) is 0 Å². The molecule has 1 unspecified atom stereocenters. The first-order chi connectivity index (χ1) is 3.31. The van der Waals surface area contributed by atoms with Gasteiger partial charge in [0, 0.05) is 0 Å². The SMILES string of the molecule is CC[CH](C)[Mg][CH]=O. The molecule has 0 amide bonds. The lowest BCUT2D eigenvalue weighted by molar-refractivity contribution is 0.567. The van der Waals surface area contributed by atoms with Gasteiger partial charge in [-0.05, 0) is 4.42 Å². The fourth-order valence-corrected chi connectivity index (χ4v) is 0.993. The highest BCUT2D eigenvalue weighted by Gasteiger charge is 2.00. The summed E-state index contributed by atoms with van der Waals surface area (Å²) in [6.07, 6.45) is 1.17. The van der Waals surface area contributed by atoms with Crippen molar-refractivity contribution in [1.82, 2.24) is 0 Å². The maximum atomic E-state index is 9.84. The molecular weight excluding hydrogens is 100 g/mol. The van der Waals surface area contributed by atoms with Crippen LogP contribution in [0.4, 0.5) is 0 Å². The van der Waals surface area contributed by atoms with Crippen LogP contribution in [0.15, 0.2) is 0 Å². The summed E-state index contributed by atoms with van der Waals surface area (Å²) in [4.78, 5) is 9.84. The molecule has 0 heterocycles. The van der Waals surface area contributed by atoms with E-state index in [1.807, 2.05) is 0 Å². The predicted molar refractivity (Wildman–Crippen MR) is 32.2 cm³/mol. The third-order valence-electron chi connectivity index (χ3n) is 1.20. The minimum absolute atomic E-state index is 0.334. The Morgan fingerprint density at radius 2 is 2.43 bits per heavy atom. The van der Waals surface area contributed by atoms with Crippen molar-refractivity contribution in [2.45, 2.75) is 24.3 Å². The van der Waals surface area contributed by atoms with E-state index in [1.54, 1.807) is 0 Å². The number of rotatable bonds is 3. The molecule has 0 aromatic heterocycles. The Labute approximate surface area is 54.2 Å². The largest absolute Gasteiger partial charge is 0.465 e. The number of carbonyl (C=O) groups excluding carboxylic acids is 1. The van der Waals surface area contributed by atoms with Crippen molar-refractivity contribution in [3.8, 4) is 0 Å². The zero-order valence-corrected chi connectivity index (χ0v) is 6.39. The van der Waals surface area contributed by atoms with E-state index >= 15 is 0 Å². The van der Waals surface area contributed by atoms with Gasteiger partial charge in [-0.2, -0.15) is 0 Å². The van der Waals surface area contributed by atoms with Crippen LogP contribution in [-0.2, 0) is 4.79 Å². The van der Waals surface area contributed by atoms with E-state index in [0.29, 0.717) is 0 Å². The molecule has 0 rings (SSSR count). The second-order valence-electron chi connectivity index (χ2n) is 1.92. The van der Waals surface area contributed by atoms with Gasteiger partial charge in [0.1, 0.15) is 0 Å². The Morgan fingerprint density at radius 3 is 2.57 bits per heavy atom. The van der Waals surface area contributed by atoms with Crippen molar-refractivity contribution in [2.24, 2.45) is 0 Å². The van der Waals surface area contributed by atoms with Crippen LogP contribution in [0.5, 0.6) is 0 Å². The zero-order valence-electron chi connectivity index (χ0n) is 4.98. The van der Waals surface area contributed by atoms with Gasteiger partial charge in [-0.15, -0.1) is 4.05 Å². The molecule has 0 aliphatic heterocycles. The van der Waals surface area contributed by atoms with Gasteiger partial charge in [-0.25, -0.2) is 0 Å². The summed E-state index contributed by atoms with van der Waals surface area (Å²) in [5, 5.41) is 0. The molecule has 1 atom stereocenters. The summed E-state index contributed by atoms with van der Waals surface area (Å²) in [7, 11) is 0. The van der Waals surface area contributed by atoms with Crippen molar-refractivity contribution >= 4 is 24.8 Å². The Hall–Kier alpha value is 0.436. The van der Waals surface area contributed by atoms with Crippen LogP contribution in [0.2, 0.25) is 4.05 Å². The molecule has 0 saturated heterocycles. The van der Waals surface area contributed by atoms with Crippen molar-refractivity contribution in [3.05, 3.63) is 0 Å². The van der Waals surface area contributed by atoms with Crippen LogP contribution >= 0.6 is 0 Å². The first-order valence-corrected chi connectivity index (χ1v) is 4.38. The lowest BCUT2D eigenvalue weighted by Gasteiger charge is -1.95. The van der Waals surface area contributed by atoms with Gasteiger partial charge in [0.2, 0.25) is 0 Å². The maximum absolute atomic E-state index is 9.84. The third kappa shape index (κ3) is 4.29. The average Bonchev–Trinajstić information content (AvgIpc) is 1.68. The number of hydrogen-bond acceptors (Lipinski definition) is 1. The fourth-order valence-electron chi connectivity index (χ4n) is 0.331. The predicted octanol–water partition coefficient (Wildman–Crippen LogP) is 1.10. The van der Waals surface area contributed by atoms with Gasteiger partial charge < -0.3 is 4.79 Å². The van der Waals surface area contributed by atoms with E-state index in [2.05, 4.69) is 13.8 Å². The summed E-state index contributed by atoms with van der Waals surface area (Å²) in [6, 6.07) is 0. The quantitative estimate of drug-likeness (QED) is 0.393. The van der Waals surface area contributed by atoms with Crippen molar-refractivity contribution in [2.75, 3.05) is 0 Å². The molecule has 38 valence electrons. The highest BCUT2D eigenvalue weighted by molar-refractivity contribution is 6.67. The molecule has 0 aromatic carbocycles. The van der Waals surface area contributed by atoms with E-state index in [1.165, 1.54) is 6.42 Å². The number of hydrogen-bond donors (Lipinski definition) is 0. The zero-order chi connectivity index (χ0) is 5.70. The Balaban J connectivity index is 2.98. The van der Waals surface area contributed by atoms with Gasteiger partial charge >= 0.3 is 20.4 Å². The molecule has 1 nitrogen and oxygen atoms in total.